The monoisotopic (exact) mass is 450 g/mol. The van der Waals surface area contributed by atoms with Crippen molar-refractivity contribution in [3.8, 4) is 22.8 Å². The Balaban J connectivity index is 1.49. The van der Waals surface area contributed by atoms with Crippen LogP contribution in [0.4, 0.5) is 0 Å². The lowest BCUT2D eigenvalue weighted by Crippen LogP contribution is -2.33. The van der Waals surface area contributed by atoms with Crippen molar-refractivity contribution in [3.05, 3.63) is 41.5 Å². The lowest BCUT2D eigenvalue weighted by molar-refractivity contribution is 0.145. The molecule has 8 heteroatoms. The third-order valence-corrected chi connectivity index (χ3v) is 7.26. The molecule has 1 fully saturated rings. The summed E-state index contributed by atoms with van der Waals surface area (Å²) in [6.45, 7) is 8.05. The molecule has 5 rings (SSSR count). The smallest absolute Gasteiger partial charge is 0.216 e. The second-order valence-electron chi connectivity index (χ2n) is 9.41. The number of hydrogen-bond donors (Lipinski definition) is 0. The zero-order chi connectivity index (χ0) is 22.9. The molecule has 0 spiro atoms. The zero-order valence-electron chi connectivity index (χ0n) is 20.1. The highest BCUT2D eigenvalue weighted by molar-refractivity contribution is 5.64. The van der Waals surface area contributed by atoms with E-state index in [1.807, 2.05) is 24.0 Å². The van der Waals surface area contributed by atoms with Crippen LogP contribution in [0.1, 0.15) is 42.6 Å². The summed E-state index contributed by atoms with van der Waals surface area (Å²) in [6, 6.07) is 2.46. The van der Waals surface area contributed by atoms with Crippen molar-refractivity contribution in [1.29, 1.82) is 0 Å². The fourth-order valence-electron chi connectivity index (χ4n) is 5.18. The van der Waals surface area contributed by atoms with Crippen LogP contribution < -0.4 is 4.74 Å². The van der Waals surface area contributed by atoms with Crippen molar-refractivity contribution < 1.29 is 9.47 Å². The molecule has 0 unspecified atom stereocenters. The van der Waals surface area contributed by atoms with Gasteiger partial charge in [0, 0.05) is 29.3 Å². The average Bonchev–Trinajstić information content (AvgIpc) is 3.37. The molecule has 0 saturated carbocycles. The van der Waals surface area contributed by atoms with Crippen LogP contribution in [0.2, 0.25) is 0 Å². The highest BCUT2D eigenvalue weighted by Gasteiger charge is 2.26. The molecule has 0 aliphatic carbocycles. The summed E-state index contributed by atoms with van der Waals surface area (Å²) in [7, 11) is 3.85. The van der Waals surface area contributed by atoms with Gasteiger partial charge in [0.15, 0.2) is 0 Å². The standard InChI is InChI=1S/C25H34N6O2/c1-17-13-21(15-26-25(17)32-4)31-23-8-12-33-11-7-22(23)24(28-31)20-14-27-30(16-20)18(2)19-5-9-29(3)10-6-19/h13-16,18-19H,5-12H2,1-4H3/t18-/m1/s1. The number of rotatable bonds is 5. The number of pyridine rings is 1. The van der Waals surface area contributed by atoms with Gasteiger partial charge in [-0.3, -0.25) is 4.68 Å². The van der Waals surface area contributed by atoms with Crippen LogP contribution in [0.25, 0.3) is 16.9 Å². The third kappa shape index (κ3) is 4.29. The van der Waals surface area contributed by atoms with Crippen molar-refractivity contribution in [2.45, 2.75) is 45.6 Å². The number of fused-ring (bicyclic) bond motifs is 1. The molecule has 3 aromatic rings. The predicted molar refractivity (Wildman–Crippen MR) is 127 cm³/mol. The Morgan fingerprint density at radius 2 is 1.94 bits per heavy atom. The molecule has 176 valence electrons. The van der Waals surface area contributed by atoms with Gasteiger partial charge in [0.1, 0.15) is 0 Å². The maximum Gasteiger partial charge on any atom is 0.216 e. The Morgan fingerprint density at radius 1 is 1.15 bits per heavy atom. The van der Waals surface area contributed by atoms with Gasteiger partial charge in [-0.05, 0) is 65.2 Å². The number of aryl methyl sites for hydroxylation is 1. The number of methoxy groups -OCH3 is 1. The largest absolute Gasteiger partial charge is 0.481 e. The molecule has 0 N–H and O–H groups in total. The first kappa shape index (κ1) is 22.1. The number of hydrogen-bond acceptors (Lipinski definition) is 6. The van der Waals surface area contributed by atoms with Crippen molar-refractivity contribution in [3.63, 3.8) is 0 Å². The maximum absolute atomic E-state index is 5.81. The number of ether oxygens (including phenoxy) is 2. The Bertz CT molecular complexity index is 1110. The first-order valence-electron chi connectivity index (χ1n) is 12.0. The summed E-state index contributed by atoms with van der Waals surface area (Å²) in [5.41, 5.74) is 6.48. The first-order valence-corrected chi connectivity index (χ1v) is 12.0. The molecule has 2 aliphatic rings. The minimum absolute atomic E-state index is 0.380. The molecule has 5 heterocycles. The van der Waals surface area contributed by atoms with Gasteiger partial charge < -0.3 is 14.4 Å². The number of aromatic nitrogens is 5. The molecule has 1 atom stereocenters. The van der Waals surface area contributed by atoms with E-state index in [0.717, 1.165) is 48.4 Å². The SMILES string of the molecule is COc1ncc(-n2nc(-c3cnn([C@H](C)C4CCN(C)CC4)c3)c3c2CCOCC3)cc1C. The minimum atomic E-state index is 0.380. The van der Waals surface area contributed by atoms with Gasteiger partial charge in [-0.25, -0.2) is 9.67 Å². The summed E-state index contributed by atoms with van der Waals surface area (Å²) in [6.07, 6.45) is 10.1. The fourth-order valence-corrected chi connectivity index (χ4v) is 5.18. The van der Waals surface area contributed by atoms with Gasteiger partial charge in [-0.2, -0.15) is 10.2 Å². The van der Waals surface area contributed by atoms with E-state index in [9.17, 15) is 0 Å². The van der Waals surface area contributed by atoms with E-state index < -0.39 is 0 Å². The quantitative estimate of drug-likeness (QED) is 0.593. The summed E-state index contributed by atoms with van der Waals surface area (Å²) in [5.74, 6) is 1.30. The van der Waals surface area contributed by atoms with E-state index in [4.69, 9.17) is 19.7 Å². The number of nitrogens with zero attached hydrogens (tertiary/aromatic N) is 6. The molecule has 1 saturated heterocycles. The van der Waals surface area contributed by atoms with Crippen LogP contribution in [0.3, 0.4) is 0 Å². The van der Waals surface area contributed by atoms with E-state index >= 15 is 0 Å². The van der Waals surface area contributed by atoms with E-state index in [-0.39, 0.29) is 0 Å². The molecular weight excluding hydrogens is 416 g/mol. The summed E-state index contributed by atoms with van der Waals surface area (Å²) in [4.78, 5) is 6.89. The van der Waals surface area contributed by atoms with Crippen molar-refractivity contribution in [2.75, 3.05) is 40.5 Å². The van der Waals surface area contributed by atoms with Gasteiger partial charge in [0.25, 0.3) is 0 Å². The van der Waals surface area contributed by atoms with Crippen LogP contribution >= 0.6 is 0 Å². The van der Waals surface area contributed by atoms with Crippen molar-refractivity contribution >= 4 is 0 Å². The number of piperidine rings is 1. The third-order valence-electron chi connectivity index (χ3n) is 7.26. The van der Waals surface area contributed by atoms with E-state index in [0.29, 0.717) is 31.1 Å². The number of likely N-dealkylation sites (tertiary alicyclic amines) is 1. The lowest BCUT2D eigenvalue weighted by atomic mass is 9.90. The van der Waals surface area contributed by atoms with Gasteiger partial charge >= 0.3 is 0 Å². The summed E-state index contributed by atoms with van der Waals surface area (Å²) < 4.78 is 15.3. The molecule has 0 aromatic carbocycles. The maximum atomic E-state index is 5.81. The molecule has 8 nitrogen and oxygen atoms in total. The van der Waals surface area contributed by atoms with Gasteiger partial charge in [-0.1, -0.05) is 0 Å². The Hall–Kier alpha value is -2.71. The van der Waals surface area contributed by atoms with Gasteiger partial charge in [-0.15, -0.1) is 0 Å². The molecule has 2 aliphatic heterocycles. The van der Waals surface area contributed by atoms with Crippen LogP contribution in [-0.4, -0.2) is 69.9 Å². The Kier molecular flexibility index (Phi) is 6.21. The van der Waals surface area contributed by atoms with Crippen molar-refractivity contribution in [2.24, 2.45) is 5.92 Å². The minimum Gasteiger partial charge on any atom is -0.481 e. The zero-order valence-corrected chi connectivity index (χ0v) is 20.1. The van der Waals surface area contributed by atoms with Gasteiger partial charge in [0.05, 0.1) is 55.8 Å². The molecule has 0 bridgehead atoms. The van der Waals surface area contributed by atoms with Crippen LogP contribution in [0, 0.1) is 12.8 Å². The predicted octanol–water partition coefficient (Wildman–Crippen LogP) is 3.47. The first-order chi connectivity index (χ1) is 16.0. The summed E-state index contributed by atoms with van der Waals surface area (Å²) >= 11 is 0. The van der Waals surface area contributed by atoms with Gasteiger partial charge in [0.2, 0.25) is 5.88 Å². The molecular formula is C25H34N6O2. The normalized spacial score (nSPS) is 18.7. The lowest BCUT2D eigenvalue weighted by Gasteiger charge is -2.32. The molecule has 33 heavy (non-hydrogen) atoms. The Labute approximate surface area is 195 Å². The van der Waals surface area contributed by atoms with Crippen LogP contribution in [0.15, 0.2) is 24.7 Å². The average molecular weight is 451 g/mol. The molecule has 3 aromatic heterocycles. The van der Waals surface area contributed by atoms with E-state index in [2.05, 4.69) is 40.8 Å². The van der Waals surface area contributed by atoms with Crippen molar-refractivity contribution in [1.82, 2.24) is 29.4 Å². The Morgan fingerprint density at radius 3 is 2.70 bits per heavy atom. The second kappa shape index (κ2) is 9.27. The summed E-state index contributed by atoms with van der Waals surface area (Å²) in [5, 5.41) is 9.86. The van der Waals surface area contributed by atoms with Crippen LogP contribution in [-0.2, 0) is 17.6 Å². The van der Waals surface area contributed by atoms with E-state index in [1.54, 1.807) is 7.11 Å². The van der Waals surface area contributed by atoms with E-state index in [1.165, 1.54) is 24.1 Å². The topological polar surface area (TPSA) is 70.2 Å². The highest BCUT2D eigenvalue weighted by Crippen LogP contribution is 2.33. The molecule has 0 radical (unpaired) electrons. The van der Waals surface area contributed by atoms with Crippen LogP contribution in [0.5, 0.6) is 5.88 Å². The highest BCUT2D eigenvalue weighted by atomic mass is 16.5. The second-order valence-corrected chi connectivity index (χ2v) is 9.41. The molecule has 0 amide bonds. The fraction of sp³-hybridized carbons (Fsp3) is 0.560.